The minimum atomic E-state index is -0.370. The second kappa shape index (κ2) is 9.96. The first kappa shape index (κ1) is 23.8. The van der Waals surface area contributed by atoms with Crippen LogP contribution in [-0.2, 0) is 27.2 Å². The van der Waals surface area contributed by atoms with E-state index in [4.69, 9.17) is 4.98 Å². The summed E-state index contributed by atoms with van der Waals surface area (Å²) in [5.74, 6) is 1.46. The first-order chi connectivity index (χ1) is 16.9. The molecule has 1 saturated heterocycles. The Morgan fingerprint density at radius 2 is 1.74 bits per heavy atom. The van der Waals surface area contributed by atoms with Crippen LogP contribution >= 0.6 is 23.1 Å². The van der Waals surface area contributed by atoms with Gasteiger partial charge in [-0.1, -0.05) is 53.4 Å². The molecule has 184 valence electrons. The second-order valence-electron chi connectivity index (χ2n) is 8.63. The molecular formula is C23H28N8O2S2. The summed E-state index contributed by atoms with van der Waals surface area (Å²) >= 11 is 3.17. The van der Waals surface area contributed by atoms with Gasteiger partial charge in [0.05, 0.1) is 0 Å². The topological polar surface area (TPSA) is 94.1 Å². The smallest absolute Gasteiger partial charge is 0.332 e. The Balaban J connectivity index is 1.42. The average molecular weight is 513 g/mol. The van der Waals surface area contributed by atoms with Gasteiger partial charge < -0.3 is 9.47 Å². The van der Waals surface area contributed by atoms with Crippen LogP contribution in [-0.4, -0.2) is 65.7 Å². The van der Waals surface area contributed by atoms with Crippen molar-refractivity contribution >= 4 is 40.2 Å². The van der Waals surface area contributed by atoms with Crippen molar-refractivity contribution in [3.63, 3.8) is 0 Å². The number of aromatic nitrogens is 6. The Hall–Kier alpha value is -2.96. The van der Waals surface area contributed by atoms with E-state index < -0.39 is 0 Å². The summed E-state index contributed by atoms with van der Waals surface area (Å²) in [6.45, 7) is 6.82. The maximum Gasteiger partial charge on any atom is 0.332 e. The number of nitrogens with zero attached hydrogens (tertiary/aromatic N) is 8. The first-order valence-electron chi connectivity index (χ1n) is 11.5. The molecule has 0 amide bonds. The molecule has 0 spiro atoms. The zero-order valence-electron chi connectivity index (χ0n) is 20.0. The van der Waals surface area contributed by atoms with Gasteiger partial charge in [-0.2, -0.15) is 4.98 Å². The first-order valence-corrected chi connectivity index (χ1v) is 13.3. The zero-order chi connectivity index (χ0) is 24.5. The van der Waals surface area contributed by atoms with Gasteiger partial charge in [0.25, 0.3) is 5.56 Å². The van der Waals surface area contributed by atoms with Gasteiger partial charge in [0, 0.05) is 59.1 Å². The number of imidazole rings is 1. The van der Waals surface area contributed by atoms with E-state index in [1.54, 1.807) is 30.1 Å². The van der Waals surface area contributed by atoms with E-state index in [1.165, 1.54) is 17.2 Å². The van der Waals surface area contributed by atoms with Crippen molar-refractivity contribution in [1.82, 2.24) is 33.8 Å². The molecule has 4 heterocycles. The number of fused-ring (bicyclic) bond motifs is 1. The zero-order valence-corrected chi connectivity index (χ0v) is 21.7. The lowest BCUT2D eigenvalue weighted by Gasteiger charge is -2.35. The largest absolute Gasteiger partial charge is 0.340 e. The van der Waals surface area contributed by atoms with Crippen molar-refractivity contribution in [2.24, 2.45) is 14.1 Å². The number of benzene rings is 1. The highest BCUT2D eigenvalue weighted by Gasteiger charge is 2.25. The van der Waals surface area contributed by atoms with Gasteiger partial charge in [-0.05, 0) is 12.5 Å². The second-order valence-corrected chi connectivity index (χ2v) is 11.1. The molecule has 0 atom stereocenters. The van der Waals surface area contributed by atoms with Gasteiger partial charge in [-0.15, -0.1) is 10.2 Å². The molecule has 1 aromatic carbocycles. The van der Waals surface area contributed by atoms with E-state index in [0.717, 1.165) is 52.6 Å². The minimum absolute atomic E-state index is 0.318. The van der Waals surface area contributed by atoms with Crippen LogP contribution in [0.25, 0.3) is 11.2 Å². The summed E-state index contributed by atoms with van der Waals surface area (Å²) in [7, 11) is 3.18. The van der Waals surface area contributed by atoms with Gasteiger partial charge in [0.2, 0.25) is 5.95 Å². The quantitative estimate of drug-likeness (QED) is 0.346. The number of hydrogen-bond acceptors (Lipinski definition) is 9. The Kier molecular flexibility index (Phi) is 6.76. The van der Waals surface area contributed by atoms with Crippen molar-refractivity contribution in [1.29, 1.82) is 0 Å². The number of anilines is 1. The van der Waals surface area contributed by atoms with Gasteiger partial charge in [-0.25, -0.2) is 4.79 Å². The Labute approximate surface area is 210 Å². The molecule has 0 saturated carbocycles. The summed E-state index contributed by atoms with van der Waals surface area (Å²) < 4.78 is 5.50. The number of hydrogen-bond donors (Lipinski definition) is 0. The molecule has 3 aromatic heterocycles. The van der Waals surface area contributed by atoms with Crippen LogP contribution in [0.4, 0.5) is 5.95 Å². The van der Waals surface area contributed by atoms with E-state index in [-0.39, 0.29) is 11.2 Å². The molecule has 35 heavy (non-hydrogen) atoms. The lowest BCUT2D eigenvalue weighted by atomic mass is 10.2. The van der Waals surface area contributed by atoms with Crippen LogP contribution in [0.2, 0.25) is 0 Å². The fraction of sp³-hybridized carbons (Fsp3) is 0.435. The van der Waals surface area contributed by atoms with E-state index in [9.17, 15) is 9.59 Å². The van der Waals surface area contributed by atoms with E-state index in [2.05, 4.69) is 44.3 Å². The molecule has 0 aliphatic carbocycles. The van der Waals surface area contributed by atoms with Crippen LogP contribution in [0, 0.1) is 6.92 Å². The van der Waals surface area contributed by atoms with Crippen molar-refractivity contribution in [2.45, 2.75) is 24.4 Å². The van der Waals surface area contributed by atoms with Crippen molar-refractivity contribution in [3.8, 4) is 0 Å². The van der Waals surface area contributed by atoms with E-state index in [0.29, 0.717) is 23.5 Å². The number of thioether (sulfide) groups is 1. The van der Waals surface area contributed by atoms with Crippen LogP contribution in [0.15, 0.2) is 44.3 Å². The van der Waals surface area contributed by atoms with Gasteiger partial charge in [0.1, 0.15) is 5.01 Å². The molecule has 4 aromatic rings. The standard InChI is InChI=1S/C23H28N8O2S2/c1-16-25-26-22(35-16)34-14-13-31-18-19(27(2)23(33)28(3)20(18)32)24-21(31)30-11-9-29(10-12-30)15-17-7-5-4-6-8-17/h4-8H,9-15H2,1-3H3. The third-order valence-electron chi connectivity index (χ3n) is 6.28. The Morgan fingerprint density at radius 3 is 2.43 bits per heavy atom. The van der Waals surface area contributed by atoms with Crippen LogP contribution in [0.5, 0.6) is 0 Å². The normalized spacial score (nSPS) is 14.8. The Morgan fingerprint density at radius 1 is 1.00 bits per heavy atom. The minimum Gasteiger partial charge on any atom is -0.340 e. The maximum absolute atomic E-state index is 13.1. The fourth-order valence-corrected chi connectivity index (χ4v) is 6.21. The lowest BCUT2D eigenvalue weighted by Crippen LogP contribution is -2.47. The van der Waals surface area contributed by atoms with Gasteiger partial charge >= 0.3 is 5.69 Å². The molecule has 0 unspecified atom stereocenters. The highest BCUT2D eigenvalue weighted by atomic mass is 32.2. The third-order valence-corrected chi connectivity index (χ3v) is 8.23. The monoisotopic (exact) mass is 512 g/mol. The summed E-state index contributed by atoms with van der Waals surface area (Å²) in [4.78, 5) is 35.2. The summed E-state index contributed by atoms with van der Waals surface area (Å²) in [6, 6.07) is 10.5. The average Bonchev–Trinajstić information content (AvgIpc) is 3.46. The van der Waals surface area contributed by atoms with E-state index >= 15 is 0 Å². The predicted molar refractivity (Wildman–Crippen MR) is 140 cm³/mol. The number of piperazine rings is 1. The maximum atomic E-state index is 13.1. The van der Waals surface area contributed by atoms with Crippen LogP contribution in [0.1, 0.15) is 10.6 Å². The summed E-state index contributed by atoms with van der Waals surface area (Å²) in [6.07, 6.45) is 0. The molecule has 0 radical (unpaired) electrons. The number of aryl methyl sites for hydroxylation is 3. The molecule has 0 N–H and O–H groups in total. The SMILES string of the molecule is Cc1nnc(SCCn2c(N3CCN(Cc4ccccc4)CC3)nc3c2c(=O)n(C)c(=O)n3C)s1. The fourth-order valence-electron chi connectivity index (χ4n) is 4.40. The molecule has 1 aliphatic rings. The number of rotatable bonds is 7. The lowest BCUT2D eigenvalue weighted by molar-refractivity contribution is 0.248. The highest BCUT2D eigenvalue weighted by molar-refractivity contribution is 8.01. The summed E-state index contributed by atoms with van der Waals surface area (Å²) in [5.41, 5.74) is 1.50. The van der Waals surface area contributed by atoms with E-state index in [1.807, 2.05) is 17.6 Å². The van der Waals surface area contributed by atoms with Gasteiger partial charge in [-0.3, -0.25) is 18.8 Å². The van der Waals surface area contributed by atoms with Gasteiger partial charge in [0.15, 0.2) is 15.5 Å². The third kappa shape index (κ3) is 4.78. The van der Waals surface area contributed by atoms with Crippen molar-refractivity contribution in [2.75, 3.05) is 36.8 Å². The molecule has 5 rings (SSSR count). The molecule has 1 fully saturated rings. The molecule has 10 nitrogen and oxygen atoms in total. The van der Waals surface area contributed by atoms with Crippen LogP contribution in [0.3, 0.4) is 0 Å². The molecular weight excluding hydrogens is 484 g/mol. The van der Waals surface area contributed by atoms with Crippen LogP contribution < -0.4 is 16.1 Å². The molecule has 12 heteroatoms. The van der Waals surface area contributed by atoms with Crippen molar-refractivity contribution in [3.05, 3.63) is 61.7 Å². The summed E-state index contributed by atoms with van der Waals surface area (Å²) in [5, 5.41) is 9.20. The van der Waals surface area contributed by atoms with Crippen molar-refractivity contribution < 1.29 is 0 Å². The molecule has 0 bridgehead atoms. The predicted octanol–water partition coefficient (Wildman–Crippen LogP) is 1.71. The molecule has 1 aliphatic heterocycles. The Bertz CT molecular complexity index is 1450. The highest BCUT2D eigenvalue weighted by Crippen LogP contribution is 2.25.